The number of nitrogens with zero attached hydrogens (tertiary/aromatic N) is 6. The number of benzene rings is 1. The second kappa shape index (κ2) is 10.9. The standard InChI is InChI=1S/C24H27FN7O4P/c1-5-32-23-15(12-28-32)9-20-22(30-31(2)29-20)19-7-6-18(25)8-17(19)13-35-21-10-16(23)11-26-24(21)27-14-36-37(33-3)34-4/h6-8,10-12H,5,9,13-14H2,1-4H3,(H,26,27). The number of aromatic nitrogens is 6. The molecule has 1 aromatic carbocycles. The van der Waals surface area contributed by atoms with Crippen LogP contribution in [-0.4, -0.2) is 50.7 Å². The molecule has 2 bridgehead atoms. The number of hydrogen-bond acceptors (Lipinski definition) is 9. The van der Waals surface area contributed by atoms with Crippen molar-refractivity contribution in [3.05, 3.63) is 59.3 Å². The van der Waals surface area contributed by atoms with E-state index < -0.39 is 8.60 Å². The minimum atomic E-state index is -1.48. The molecule has 0 aliphatic carbocycles. The molecular weight excluding hydrogens is 500 g/mol. The first-order chi connectivity index (χ1) is 18.0. The summed E-state index contributed by atoms with van der Waals surface area (Å²) in [6, 6.07) is 6.48. The highest BCUT2D eigenvalue weighted by Gasteiger charge is 2.23. The van der Waals surface area contributed by atoms with Crippen molar-refractivity contribution in [3.63, 3.8) is 0 Å². The quantitative estimate of drug-likeness (QED) is 0.278. The number of rotatable bonds is 7. The Hall–Kier alpha value is -3.44. The number of fused-ring (bicyclic) bond motifs is 7. The summed E-state index contributed by atoms with van der Waals surface area (Å²) in [6.45, 7) is 2.88. The molecule has 1 N–H and O–H groups in total. The van der Waals surface area contributed by atoms with Gasteiger partial charge in [0.25, 0.3) is 0 Å². The first-order valence-electron chi connectivity index (χ1n) is 11.6. The fourth-order valence-electron chi connectivity index (χ4n) is 4.30. The maximum atomic E-state index is 14.3. The van der Waals surface area contributed by atoms with E-state index in [0.29, 0.717) is 35.8 Å². The highest BCUT2D eigenvalue weighted by atomic mass is 31.2. The summed E-state index contributed by atoms with van der Waals surface area (Å²) in [5.74, 6) is 0.577. The Bertz CT molecular complexity index is 1410. The zero-order chi connectivity index (χ0) is 25.9. The monoisotopic (exact) mass is 527 g/mol. The minimum Gasteiger partial charge on any atom is -0.485 e. The van der Waals surface area contributed by atoms with Crippen LogP contribution in [-0.2, 0) is 40.2 Å². The van der Waals surface area contributed by atoms with E-state index in [9.17, 15) is 4.39 Å². The van der Waals surface area contributed by atoms with Crippen LogP contribution < -0.4 is 10.1 Å². The van der Waals surface area contributed by atoms with Crippen molar-refractivity contribution in [1.82, 2.24) is 29.8 Å². The van der Waals surface area contributed by atoms with Gasteiger partial charge in [-0.15, -0.1) is 0 Å². The first-order valence-corrected chi connectivity index (χ1v) is 12.7. The molecule has 13 heteroatoms. The fourth-order valence-corrected chi connectivity index (χ4v) is 4.83. The second-order valence-corrected chi connectivity index (χ2v) is 9.63. The van der Waals surface area contributed by atoms with Gasteiger partial charge >= 0.3 is 8.60 Å². The van der Waals surface area contributed by atoms with E-state index in [-0.39, 0.29) is 19.2 Å². The average Bonchev–Trinajstić information content (AvgIpc) is 3.48. The van der Waals surface area contributed by atoms with Crippen molar-refractivity contribution in [2.75, 3.05) is 26.3 Å². The Morgan fingerprint density at radius 1 is 1.14 bits per heavy atom. The van der Waals surface area contributed by atoms with Crippen molar-refractivity contribution >= 4 is 14.4 Å². The highest BCUT2D eigenvalue weighted by molar-refractivity contribution is 7.41. The first kappa shape index (κ1) is 25.2. The largest absolute Gasteiger partial charge is 0.485 e. The molecule has 4 aromatic rings. The number of halogens is 1. The molecule has 5 rings (SSSR count). The Labute approximate surface area is 214 Å². The number of nitrogens with one attached hydrogen (secondary N) is 1. The third-order valence-corrected chi connectivity index (χ3v) is 6.83. The van der Waals surface area contributed by atoms with Crippen molar-refractivity contribution in [2.24, 2.45) is 7.05 Å². The van der Waals surface area contributed by atoms with E-state index in [4.69, 9.17) is 18.3 Å². The summed E-state index contributed by atoms with van der Waals surface area (Å²) < 4.78 is 38.3. The molecule has 11 nitrogen and oxygen atoms in total. The molecule has 0 saturated heterocycles. The maximum absolute atomic E-state index is 14.3. The van der Waals surface area contributed by atoms with Crippen LogP contribution in [0, 0.1) is 5.82 Å². The van der Waals surface area contributed by atoms with Gasteiger partial charge in [-0.2, -0.15) is 20.1 Å². The SMILES string of the molecule is CCn1ncc2c1-c1cnc(NCOP(OC)OC)c(c1)OCc1cc(F)ccc1-c1nn(C)nc1C2. The second-order valence-electron chi connectivity index (χ2n) is 8.20. The third kappa shape index (κ3) is 5.19. The summed E-state index contributed by atoms with van der Waals surface area (Å²) in [4.78, 5) is 6.14. The van der Waals surface area contributed by atoms with Gasteiger partial charge in [0.2, 0.25) is 0 Å². The molecule has 0 fully saturated rings. The lowest BCUT2D eigenvalue weighted by Crippen LogP contribution is -2.10. The molecule has 37 heavy (non-hydrogen) atoms. The maximum Gasteiger partial charge on any atom is 0.333 e. The van der Waals surface area contributed by atoms with Crippen LogP contribution in [0.5, 0.6) is 5.75 Å². The lowest BCUT2D eigenvalue weighted by atomic mass is 9.99. The normalized spacial score (nSPS) is 12.7. The van der Waals surface area contributed by atoms with E-state index >= 15 is 0 Å². The van der Waals surface area contributed by atoms with Crippen LogP contribution in [0.2, 0.25) is 0 Å². The van der Waals surface area contributed by atoms with Crippen LogP contribution in [0.4, 0.5) is 10.2 Å². The van der Waals surface area contributed by atoms with Crippen LogP contribution in [0.1, 0.15) is 23.7 Å². The predicted molar refractivity (Wildman–Crippen MR) is 135 cm³/mol. The molecule has 4 heterocycles. The van der Waals surface area contributed by atoms with Gasteiger partial charge in [-0.1, -0.05) is 0 Å². The number of pyridine rings is 1. The van der Waals surface area contributed by atoms with Gasteiger partial charge in [0.15, 0.2) is 11.6 Å². The smallest absolute Gasteiger partial charge is 0.333 e. The van der Waals surface area contributed by atoms with E-state index in [2.05, 4.69) is 25.6 Å². The summed E-state index contributed by atoms with van der Waals surface area (Å²) >= 11 is 0. The van der Waals surface area contributed by atoms with Gasteiger partial charge in [0.05, 0.1) is 17.6 Å². The Morgan fingerprint density at radius 2 is 1.97 bits per heavy atom. The van der Waals surface area contributed by atoms with Gasteiger partial charge in [0, 0.05) is 62.7 Å². The van der Waals surface area contributed by atoms with Crippen LogP contribution in [0.15, 0.2) is 36.7 Å². The molecule has 1 aliphatic rings. The lowest BCUT2D eigenvalue weighted by Gasteiger charge is -2.18. The number of anilines is 1. The number of aryl methyl sites for hydroxylation is 2. The van der Waals surface area contributed by atoms with Crippen LogP contribution in [0.25, 0.3) is 22.5 Å². The summed E-state index contributed by atoms with van der Waals surface area (Å²) in [5, 5.41) is 16.9. The third-order valence-electron chi connectivity index (χ3n) is 5.90. The number of hydrogen-bond donors (Lipinski definition) is 1. The molecular formula is C24H27FN7O4P. The fraction of sp³-hybridized carbons (Fsp3) is 0.333. The molecule has 0 atom stereocenters. The lowest BCUT2D eigenvalue weighted by molar-refractivity contribution is 0.216. The number of ether oxygens (including phenoxy) is 1. The molecule has 3 aromatic heterocycles. The van der Waals surface area contributed by atoms with E-state index in [1.165, 1.54) is 31.1 Å². The molecule has 0 radical (unpaired) electrons. The van der Waals surface area contributed by atoms with Crippen LogP contribution >= 0.6 is 8.60 Å². The Kier molecular flexibility index (Phi) is 7.43. The van der Waals surface area contributed by atoms with E-state index in [1.807, 2.05) is 23.9 Å². The van der Waals surface area contributed by atoms with Gasteiger partial charge < -0.3 is 19.1 Å². The van der Waals surface area contributed by atoms with E-state index in [1.54, 1.807) is 19.3 Å². The molecule has 194 valence electrons. The Balaban J connectivity index is 1.61. The van der Waals surface area contributed by atoms with Gasteiger partial charge in [0.1, 0.15) is 24.8 Å². The van der Waals surface area contributed by atoms with Crippen LogP contribution in [0.3, 0.4) is 0 Å². The van der Waals surface area contributed by atoms with Crippen molar-refractivity contribution in [2.45, 2.75) is 26.5 Å². The zero-order valence-electron chi connectivity index (χ0n) is 20.9. The topological polar surface area (TPSA) is 110 Å². The minimum absolute atomic E-state index is 0.0857. The average molecular weight is 527 g/mol. The van der Waals surface area contributed by atoms with Crippen molar-refractivity contribution in [1.29, 1.82) is 0 Å². The van der Waals surface area contributed by atoms with Crippen molar-refractivity contribution in [3.8, 4) is 28.3 Å². The summed E-state index contributed by atoms with van der Waals surface area (Å²) in [7, 11) is 3.31. The van der Waals surface area contributed by atoms with Crippen molar-refractivity contribution < 1.29 is 22.7 Å². The van der Waals surface area contributed by atoms with Gasteiger partial charge in [-0.05, 0) is 31.2 Å². The zero-order valence-corrected chi connectivity index (χ0v) is 21.8. The molecule has 1 aliphatic heterocycles. The summed E-state index contributed by atoms with van der Waals surface area (Å²) in [5.41, 5.74) is 5.56. The Morgan fingerprint density at radius 3 is 2.76 bits per heavy atom. The van der Waals surface area contributed by atoms with Gasteiger partial charge in [-0.3, -0.25) is 9.21 Å². The molecule has 0 unspecified atom stereocenters. The molecule has 0 saturated carbocycles. The van der Waals surface area contributed by atoms with E-state index in [0.717, 1.165) is 28.1 Å². The molecule has 0 amide bonds. The van der Waals surface area contributed by atoms with Gasteiger partial charge in [-0.25, -0.2) is 9.37 Å². The summed E-state index contributed by atoms with van der Waals surface area (Å²) in [6.07, 6.45) is 4.10. The molecule has 0 spiro atoms. The predicted octanol–water partition coefficient (Wildman–Crippen LogP) is 4.29. The highest BCUT2D eigenvalue weighted by Crippen LogP contribution is 2.38.